The van der Waals surface area contributed by atoms with Crippen molar-refractivity contribution in [3.8, 4) is 5.75 Å². The van der Waals surface area contributed by atoms with E-state index in [2.05, 4.69) is 46.9 Å². The molecule has 0 saturated heterocycles. The molecule has 0 aliphatic rings. The molecule has 4 nitrogen and oxygen atoms in total. The average Bonchev–Trinajstić information content (AvgIpc) is 3.03. The molecule has 2 aromatic rings. The summed E-state index contributed by atoms with van der Waals surface area (Å²) in [5, 5.41) is 3.51. The molecule has 1 heterocycles. The smallest absolute Gasteiger partial charge is 0.124 e. The Kier molecular flexibility index (Phi) is 6.28. The first-order valence-corrected chi connectivity index (χ1v) is 7.76. The van der Waals surface area contributed by atoms with Gasteiger partial charge in [-0.25, -0.2) is 4.98 Å². The normalized spacial score (nSPS) is 12.3. The van der Waals surface area contributed by atoms with Crippen molar-refractivity contribution in [3.05, 3.63) is 48.5 Å². The lowest BCUT2D eigenvalue weighted by atomic mass is 10.0. The molecule has 114 valence electrons. The first-order chi connectivity index (χ1) is 10.3. The van der Waals surface area contributed by atoms with E-state index in [0.717, 1.165) is 38.3 Å². The summed E-state index contributed by atoms with van der Waals surface area (Å²) >= 11 is 0. The van der Waals surface area contributed by atoms with Crippen LogP contribution < -0.4 is 10.1 Å². The highest BCUT2D eigenvalue weighted by Gasteiger charge is 2.12. The predicted molar refractivity (Wildman–Crippen MR) is 85.5 cm³/mol. The highest BCUT2D eigenvalue weighted by molar-refractivity contribution is 5.35. The first kappa shape index (κ1) is 15.6. The third kappa shape index (κ3) is 4.60. The lowest BCUT2D eigenvalue weighted by Gasteiger charge is -2.20. The Balaban J connectivity index is 1.90. The van der Waals surface area contributed by atoms with E-state index >= 15 is 0 Å². The number of imidazole rings is 1. The number of para-hydroxylation sites is 1. The van der Waals surface area contributed by atoms with Crippen LogP contribution in [-0.2, 0) is 6.54 Å². The van der Waals surface area contributed by atoms with E-state index in [1.54, 1.807) is 6.20 Å². The van der Waals surface area contributed by atoms with Gasteiger partial charge in [-0.05, 0) is 25.5 Å². The molecule has 0 saturated carbocycles. The lowest BCUT2D eigenvalue weighted by Crippen LogP contribution is -2.21. The van der Waals surface area contributed by atoms with Gasteiger partial charge in [0.25, 0.3) is 0 Å². The first-order valence-electron chi connectivity index (χ1n) is 7.76. The minimum atomic E-state index is 0.361. The van der Waals surface area contributed by atoms with Gasteiger partial charge in [0.1, 0.15) is 5.75 Å². The zero-order valence-corrected chi connectivity index (χ0v) is 13.0. The molecule has 21 heavy (non-hydrogen) atoms. The molecule has 1 unspecified atom stereocenters. The van der Waals surface area contributed by atoms with Crippen LogP contribution in [0.3, 0.4) is 0 Å². The molecule has 0 bridgehead atoms. The molecular weight excluding hydrogens is 262 g/mol. The zero-order chi connectivity index (χ0) is 14.9. The Labute approximate surface area is 127 Å². The van der Waals surface area contributed by atoms with Crippen LogP contribution in [0.1, 0.15) is 38.3 Å². The van der Waals surface area contributed by atoms with Gasteiger partial charge >= 0.3 is 0 Å². The third-order valence-corrected chi connectivity index (χ3v) is 3.53. The molecule has 2 rings (SSSR count). The zero-order valence-electron chi connectivity index (χ0n) is 13.0. The number of hydrogen-bond acceptors (Lipinski definition) is 3. The summed E-state index contributed by atoms with van der Waals surface area (Å²) in [4.78, 5) is 4.04. The predicted octanol–water partition coefficient (Wildman–Crippen LogP) is 3.41. The van der Waals surface area contributed by atoms with E-state index in [1.807, 2.05) is 18.6 Å². The van der Waals surface area contributed by atoms with Crippen LogP contribution in [0.4, 0.5) is 0 Å². The van der Waals surface area contributed by atoms with Crippen molar-refractivity contribution in [2.45, 2.75) is 39.3 Å². The van der Waals surface area contributed by atoms with Crippen molar-refractivity contribution < 1.29 is 4.74 Å². The van der Waals surface area contributed by atoms with E-state index in [-0.39, 0.29) is 0 Å². The Morgan fingerprint density at radius 3 is 2.86 bits per heavy atom. The second-order valence-corrected chi connectivity index (χ2v) is 5.06. The van der Waals surface area contributed by atoms with Crippen LogP contribution >= 0.6 is 0 Å². The second-order valence-electron chi connectivity index (χ2n) is 5.06. The Morgan fingerprint density at radius 2 is 2.14 bits per heavy atom. The van der Waals surface area contributed by atoms with Gasteiger partial charge in [-0.15, -0.1) is 0 Å². The SMILES string of the molecule is CCNC(CC)c1ccccc1OCCCn1ccnc1. The van der Waals surface area contributed by atoms with Gasteiger partial charge in [-0.2, -0.15) is 0 Å². The molecule has 0 spiro atoms. The molecule has 0 aliphatic heterocycles. The van der Waals surface area contributed by atoms with Crippen LogP contribution in [0.2, 0.25) is 0 Å². The van der Waals surface area contributed by atoms with Crippen molar-refractivity contribution in [1.82, 2.24) is 14.9 Å². The minimum absolute atomic E-state index is 0.361. The lowest BCUT2D eigenvalue weighted by molar-refractivity contribution is 0.295. The van der Waals surface area contributed by atoms with Gasteiger partial charge in [0.05, 0.1) is 12.9 Å². The highest BCUT2D eigenvalue weighted by Crippen LogP contribution is 2.27. The Morgan fingerprint density at radius 1 is 1.29 bits per heavy atom. The van der Waals surface area contributed by atoms with Crippen LogP contribution in [0.5, 0.6) is 5.75 Å². The van der Waals surface area contributed by atoms with Crippen molar-refractivity contribution >= 4 is 0 Å². The standard InChI is InChI=1S/C17H25N3O/c1-3-16(19-4-2)15-8-5-6-9-17(15)21-13-7-11-20-12-10-18-14-20/h5-6,8-10,12,14,16,19H,3-4,7,11,13H2,1-2H3. The van der Waals surface area contributed by atoms with E-state index in [9.17, 15) is 0 Å². The molecule has 0 amide bonds. The summed E-state index contributed by atoms with van der Waals surface area (Å²) in [6.45, 7) is 6.96. The van der Waals surface area contributed by atoms with E-state index in [1.165, 1.54) is 5.56 Å². The van der Waals surface area contributed by atoms with E-state index in [0.29, 0.717) is 6.04 Å². The van der Waals surface area contributed by atoms with Gasteiger partial charge < -0.3 is 14.6 Å². The Hall–Kier alpha value is -1.81. The van der Waals surface area contributed by atoms with Crippen LogP contribution in [-0.4, -0.2) is 22.7 Å². The quantitative estimate of drug-likeness (QED) is 0.718. The summed E-state index contributed by atoms with van der Waals surface area (Å²) in [5.41, 5.74) is 1.25. The van der Waals surface area contributed by atoms with Gasteiger partial charge in [-0.1, -0.05) is 32.0 Å². The summed E-state index contributed by atoms with van der Waals surface area (Å²) in [5.74, 6) is 0.996. The Bertz CT molecular complexity index is 511. The maximum absolute atomic E-state index is 5.99. The fourth-order valence-electron chi connectivity index (χ4n) is 2.47. The third-order valence-electron chi connectivity index (χ3n) is 3.53. The largest absolute Gasteiger partial charge is 0.493 e. The summed E-state index contributed by atoms with van der Waals surface area (Å²) in [6.07, 6.45) is 7.66. The maximum Gasteiger partial charge on any atom is 0.124 e. The molecule has 1 atom stereocenters. The molecule has 4 heteroatoms. The monoisotopic (exact) mass is 287 g/mol. The van der Waals surface area contributed by atoms with Gasteiger partial charge in [0, 0.05) is 30.5 Å². The molecule has 1 N–H and O–H groups in total. The number of nitrogens with zero attached hydrogens (tertiary/aromatic N) is 2. The van der Waals surface area contributed by atoms with Gasteiger partial charge in [-0.3, -0.25) is 0 Å². The van der Waals surface area contributed by atoms with Gasteiger partial charge in [0.15, 0.2) is 0 Å². The summed E-state index contributed by atoms with van der Waals surface area (Å²) in [6, 6.07) is 8.69. The summed E-state index contributed by atoms with van der Waals surface area (Å²) in [7, 11) is 0. The number of aromatic nitrogens is 2. The average molecular weight is 287 g/mol. The number of rotatable bonds is 9. The molecule has 0 aliphatic carbocycles. The van der Waals surface area contributed by atoms with Crippen LogP contribution in [0.25, 0.3) is 0 Å². The van der Waals surface area contributed by atoms with Crippen molar-refractivity contribution in [3.63, 3.8) is 0 Å². The van der Waals surface area contributed by atoms with Crippen molar-refractivity contribution in [2.24, 2.45) is 0 Å². The van der Waals surface area contributed by atoms with Gasteiger partial charge in [0.2, 0.25) is 0 Å². The number of hydrogen-bond donors (Lipinski definition) is 1. The number of nitrogens with one attached hydrogen (secondary N) is 1. The number of aryl methyl sites for hydroxylation is 1. The molecular formula is C17H25N3O. The maximum atomic E-state index is 5.99. The summed E-state index contributed by atoms with van der Waals surface area (Å²) < 4.78 is 8.06. The molecule has 0 fully saturated rings. The second kappa shape index (κ2) is 8.47. The topological polar surface area (TPSA) is 39.1 Å². The number of ether oxygens (including phenoxy) is 1. The number of benzene rings is 1. The molecule has 1 aromatic carbocycles. The van der Waals surface area contributed by atoms with Crippen LogP contribution in [0.15, 0.2) is 43.0 Å². The van der Waals surface area contributed by atoms with E-state index < -0.39 is 0 Å². The highest BCUT2D eigenvalue weighted by atomic mass is 16.5. The minimum Gasteiger partial charge on any atom is -0.493 e. The van der Waals surface area contributed by atoms with Crippen molar-refractivity contribution in [2.75, 3.05) is 13.2 Å². The molecule has 1 aromatic heterocycles. The fourth-order valence-corrected chi connectivity index (χ4v) is 2.47. The van der Waals surface area contributed by atoms with E-state index in [4.69, 9.17) is 4.74 Å². The molecule has 0 radical (unpaired) electrons. The van der Waals surface area contributed by atoms with Crippen molar-refractivity contribution in [1.29, 1.82) is 0 Å². The fraction of sp³-hybridized carbons (Fsp3) is 0.471. The van der Waals surface area contributed by atoms with Crippen LogP contribution in [0, 0.1) is 0 Å².